The molecular formula is C15H13NO4S. The third kappa shape index (κ3) is 4.06. The SMILES string of the molecule is Cc1ccc(Sc2ccc(CC(=O)O)cc2)c([N+](=O)[O-])c1. The Morgan fingerprint density at radius 3 is 2.48 bits per heavy atom. The Morgan fingerprint density at radius 2 is 1.90 bits per heavy atom. The molecule has 2 rings (SSSR count). The lowest BCUT2D eigenvalue weighted by molar-refractivity contribution is -0.387. The zero-order chi connectivity index (χ0) is 15.4. The summed E-state index contributed by atoms with van der Waals surface area (Å²) >= 11 is 1.29. The van der Waals surface area contributed by atoms with E-state index in [4.69, 9.17) is 5.11 Å². The summed E-state index contributed by atoms with van der Waals surface area (Å²) in [5, 5.41) is 19.8. The maximum absolute atomic E-state index is 11.1. The molecule has 0 aromatic heterocycles. The Labute approximate surface area is 125 Å². The molecule has 0 saturated heterocycles. The molecule has 2 aromatic carbocycles. The van der Waals surface area contributed by atoms with Gasteiger partial charge in [0.25, 0.3) is 5.69 Å². The molecule has 21 heavy (non-hydrogen) atoms. The molecule has 0 unspecified atom stereocenters. The molecule has 6 heteroatoms. The Morgan fingerprint density at radius 1 is 1.24 bits per heavy atom. The van der Waals surface area contributed by atoms with Crippen molar-refractivity contribution in [2.75, 3.05) is 0 Å². The molecule has 0 amide bonds. The first-order valence-corrected chi connectivity index (χ1v) is 7.01. The van der Waals surface area contributed by atoms with E-state index in [2.05, 4.69) is 0 Å². The van der Waals surface area contributed by atoms with Crippen LogP contribution in [0, 0.1) is 17.0 Å². The molecule has 2 aromatic rings. The number of hydrogen-bond donors (Lipinski definition) is 1. The van der Waals surface area contributed by atoms with Gasteiger partial charge in [0.15, 0.2) is 0 Å². The summed E-state index contributed by atoms with van der Waals surface area (Å²) in [4.78, 5) is 22.7. The average molecular weight is 303 g/mol. The monoisotopic (exact) mass is 303 g/mol. The molecule has 0 atom stereocenters. The molecule has 0 aliphatic rings. The first-order valence-electron chi connectivity index (χ1n) is 6.19. The molecule has 0 heterocycles. The summed E-state index contributed by atoms with van der Waals surface area (Å²) in [6.07, 6.45) is -0.0321. The zero-order valence-electron chi connectivity index (χ0n) is 11.3. The van der Waals surface area contributed by atoms with Crippen LogP contribution in [0.1, 0.15) is 11.1 Å². The largest absolute Gasteiger partial charge is 0.481 e. The van der Waals surface area contributed by atoms with Gasteiger partial charge in [-0.25, -0.2) is 0 Å². The number of benzene rings is 2. The van der Waals surface area contributed by atoms with Gasteiger partial charge in [0.05, 0.1) is 16.2 Å². The predicted octanol–water partition coefficient (Wildman–Crippen LogP) is 3.68. The minimum Gasteiger partial charge on any atom is -0.481 e. The second-order valence-corrected chi connectivity index (χ2v) is 5.66. The molecule has 108 valence electrons. The molecular weight excluding hydrogens is 290 g/mol. The number of hydrogen-bond acceptors (Lipinski definition) is 4. The maximum Gasteiger partial charge on any atom is 0.307 e. The van der Waals surface area contributed by atoms with Crippen molar-refractivity contribution < 1.29 is 14.8 Å². The van der Waals surface area contributed by atoms with Crippen LogP contribution in [-0.2, 0) is 11.2 Å². The van der Waals surface area contributed by atoms with Gasteiger partial charge in [0, 0.05) is 11.0 Å². The second-order valence-electron chi connectivity index (χ2n) is 4.54. The Balaban J connectivity index is 2.22. The Kier molecular flexibility index (Phi) is 4.59. The minimum atomic E-state index is -0.885. The van der Waals surface area contributed by atoms with Crippen LogP contribution in [0.4, 0.5) is 5.69 Å². The van der Waals surface area contributed by atoms with E-state index in [9.17, 15) is 14.9 Å². The van der Waals surface area contributed by atoms with Crippen molar-refractivity contribution in [2.24, 2.45) is 0 Å². The quantitative estimate of drug-likeness (QED) is 0.673. The number of nitro groups is 1. The van der Waals surface area contributed by atoms with E-state index in [0.717, 1.165) is 10.5 Å². The fourth-order valence-corrected chi connectivity index (χ4v) is 2.73. The predicted molar refractivity (Wildman–Crippen MR) is 79.7 cm³/mol. The van der Waals surface area contributed by atoms with Crippen molar-refractivity contribution in [3.63, 3.8) is 0 Å². The van der Waals surface area contributed by atoms with Gasteiger partial charge in [-0.1, -0.05) is 30.0 Å². The molecule has 1 N–H and O–H groups in total. The van der Waals surface area contributed by atoms with Crippen LogP contribution in [-0.4, -0.2) is 16.0 Å². The topological polar surface area (TPSA) is 80.4 Å². The highest BCUT2D eigenvalue weighted by Crippen LogP contribution is 2.35. The van der Waals surface area contributed by atoms with E-state index in [1.54, 1.807) is 36.4 Å². The van der Waals surface area contributed by atoms with Crippen LogP contribution in [0.2, 0.25) is 0 Å². The molecule has 0 radical (unpaired) electrons. The third-order valence-electron chi connectivity index (χ3n) is 2.82. The average Bonchev–Trinajstić information content (AvgIpc) is 2.42. The van der Waals surface area contributed by atoms with Gasteiger partial charge in [0.1, 0.15) is 0 Å². The smallest absolute Gasteiger partial charge is 0.307 e. The van der Waals surface area contributed by atoms with Gasteiger partial charge >= 0.3 is 5.97 Å². The highest BCUT2D eigenvalue weighted by molar-refractivity contribution is 7.99. The van der Waals surface area contributed by atoms with E-state index in [-0.39, 0.29) is 12.1 Å². The van der Waals surface area contributed by atoms with E-state index in [1.807, 2.05) is 13.0 Å². The lowest BCUT2D eigenvalue weighted by Crippen LogP contribution is -1.99. The molecule has 0 aliphatic heterocycles. The number of carboxylic acid groups (broad SMARTS) is 1. The fourth-order valence-electron chi connectivity index (χ4n) is 1.83. The normalized spacial score (nSPS) is 10.3. The highest BCUT2D eigenvalue weighted by atomic mass is 32.2. The van der Waals surface area contributed by atoms with Crippen LogP contribution < -0.4 is 0 Å². The van der Waals surface area contributed by atoms with Crippen LogP contribution in [0.25, 0.3) is 0 Å². The highest BCUT2D eigenvalue weighted by Gasteiger charge is 2.14. The maximum atomic E-state index is 11.1. The van der Waals surface area contributed by atoms with Crippen LogP contribution in [0.3, 0.4) is 0 Å². The van der Waals surface area contributed by atoms with Gasteiger partial charge in [-0.2, -0.15) is 0 Å². The lowest BCUT2D eigenvalue weighted by atomic mass is 10.2. The summed E-state index contributed by atoms with van der Waals surface area (Å²) in [6.45, 7) is 1.81. The summed E-state index contributed by atoms with van der Waals surface area (Å²) in [6, 6.07) is 12.1. The summed E-state index contributed by atoms with van der Waals surface area (Å²) in [5.74, 6) is -0.885. The van der Waals surface area contributed by atoms with Crippen molar-refractivity contribution in [3.8, 4) is 0 Å². The second kappa shape index (κ2) is 6.41. The molecule has 0 aliphatic carbocycles. The molecule has 5 nitrogen and oxygen atoms in total. The third-order valence-corrected chi connectivity index (χ3v) is 3.89. The van der Waals surface area contributed by atoms with Gasteiger partial charge < -0.3 is 5.11 Å². The van der Waals surface area contributed by atoms with Crippen molar-refractivity contribution in [1.29, 1.82) is 0 Å². The number of carbonyl (C=O) groups is 1. The van der Waals surface area contributed by atoms with Gasteiger partial charge in [-0.05, 0) is 36.2 Å². The molecule has 0 bridgehead atoms. The number of nitrogens with zero attached hydrogens (tertiary/aromatic N) is 1. The molecule has 0 spiro atoms. The lowest BCUT2D eigenvalue weighted by Gasteiger charge is -2.05. The zero-order valence-corrected chi connectivity index (χ0v) is 12.1. The Hall–Kier alpha value is -2.34. The van der Waals surface area contributed by atoms with Crippen LogP contribution >= 0.6 is 11.8 Å². The minimum absolute atomic E-state index is 0.0321. The first kappa shape index (κ1) is 15.1. The van der Waals surface area contributed by atoms with Gasteiger partial charge in [-0.15, -0.1) is 0 Å². The molecule has 0 saturated carbocycles. The van der Waals surface area contributed by atoms with E-state index >= 15 is 0 Å². The Bertz CT molecular complexity index is 683. The van der Waals surface area contributed by atoms with E-state index in [1.165, 1.54) is 11.8 Å². The first-order chi connectivity index (χ1) is 9.95. The number of rotatable bonds is 5. The van der Waals surface area contributed by atoms with Crippen molar-refractivity contribution in [2.45, 2.75) is 23.1 Å². The fraction of sp³-hybridized carbons (Fsp3) is 0.133. The molecule has 0 fully saturated rings. The van der Waals surface area contributed by atoms with Crippen molar-refractivity contribution >= 4 is 23.4 Å². The van der Waals surface area contributed by atoms with Crippen molar-refractivity contribution in [3.05, 3.63) is 63.7 Å². The van der Waals surface area contributed by atoms with Crippen LogP contribution in [0.5, 0.6) is 0 Å². The van der Waals surface area contributed by atoms with Crippen LogP contribution in [0.15, 0.2) is 52.3 Å². The van der Waals surface area contributed by atoms with E-state index in [0.29, 0.717) is 10.5 Å². The summed E-state index contributed by atoms with van der Waals surface area (Å²) in [5.41, 5.74) is 1.61. The number of aryl methyl sites for hydroxylation is 1. The summed E-state index contributed by atoms with van der Waals surface area (Å²) in [7, 11) is 0. The number of aliphatic carboxylic acids is 1. The van der Waals surface area contributed by atoms with Gasteiger partial charge in [-0.3, -0.25) is 14.9 Å². The summed E-state index contributed by atoms with van der Waals surface area (Å²) < 4.78 is 0. The standard InChI is InChI=1S/C15H13NO4S/c1-10-2-7-14(13(8-10)16(19)20)21-12-5-3-11(4-6-12)9-15(17)18/h2-8H,9H2,1H3,(H,17,18). The van der Waals surface area contributed by atoms with Gasteiger partial charge in [0.2, 0.25) is 0 Å². The number of nitro benzene ring substituents is 1. The number of carboxylic acids is 1. The van der Waals surface area contributed by atoms with E-state index < -0.39 is 10.9 Å². The van der Waals surface area contributed by atoms with Crippen molar-refractivity contribution in [1.82, 2.24) is 0 Å².